The van der Waals surface area contributed by atoms with Crippen molar-refractivity contribution in [2.45, 2.75) is 32.2 Å². The van der Waals surface area contributed by atoms with Gasteiger partial charge in [0, 0.05) is 39.3 Å². The van der Waals surface area contributed by atoms with Gasteiger partial charge >= 0.3 is 0 Å². The summed E-state index contributed by atoms with van der Waals surface area (Å²) >= 11 is 0. The average Bonchev–Trinajstić information content (AvgIpc) is 2.45. The first-order valence-electron chi connectivity index (χ1n) is 7.43. The van der Waals surface area contributed by atoms with Crippen molar-refractivity contribution in [1.82, 2.24) is 0 Å². The largest absolute Gasteiger partial charge is 0.491 e. The number of hydrogen-bond donors (Lipinski definition) is 1. The van der Waals surface area contributed by atoms with E-state index in [-0.39, 0.29) is 6.04 Å². The van der Waals surface area contributed by atoms with Gasteiger partial charge < -0.3 is 20.1 Å². The van der Waals surface area contributed by atoms with E-state index in [9.17, 15) is 0 Å². The van der Waals surface area contributed by atoms with E-state index in [1.807, 2.05) is 0 Å². The molecule has 0 spiro atoms. The van der Waals surface area contributed by atoms with Crippen LogP contribution in [0.15, 0.2) is 18.2 Å². The number of benzene rings is 1. The van der Waals surface area contributed by atoms with Crippen LogP contribution < -0.4 is 15.4 Å². The Morgan fingerprint density at radius 3 is 2.95 bits per heavy atom. The molecule has 0 bridgehead atoms. The predicted molar refractivity (Wildman–Crippen MR) is 82.6 cm³/mol. The number of hydrogen-bond acceptors (Lipinski definition) is 4. The second-order valence-corrected chi connectivity index (χ2v) is 5.51. The lowest BCUT2D eigenvalue weighted by atomic mass is 10.0. The third-order valence-electron chi connectivity index (χ3n) is 3.66. The molecule has 1 saturated heterocycles. The fourth-order valence-corrected chi connectivity index (χ4v) is 2.61. The molecule has 4 nitrogen and oxygen atoms in total. The summed E-state index contributed by atoms with van der Waals surface area (Å²) < 4.78 is 11.0. The van der Waals surface area contributed by atoms with E-state index in [0.717, 1.165) is 44.7 Å². The summed E-state index contributed by atoms with van der Waals surface area (Å²) in [4.78, 5) is 2.35. The van der Waals surface area contributed by atoms with Crippen LogP contribution in [0.2, 0.25) is 0 Å². The van der Waals surface area contributed by atoms with Crippen LogP contribution >= 0.6 is 0 Å². The summed E-state index contributed by atoms with van der Waals surface area (Å²) in [6.45, 7) is 5.51. The van der Waals surface area contributed by atoms with E-state index in [1.54, 1.807) is 7.11 Å². The van der Waals surface area contributed by atoms with Crippen LogP contribution in [0.4, 0.5) is 5.69 Å². The molecule has 1 aliphatic heterocycles. The molecule has 0 radical (unpaired) electrons. The van der Waals surface area contributed by atoms with Crippen molar-refractivity contribution in [3.63, 3.8) is 0 Å². The monoisotopic (exact) mass is 278 g/mol. The van der Waals surface area contributed by atoms with Crippen molar-refractivity contribution in [1.29, 1.82) is 0 Å². The lowest BCUT2D eigenvalue weighted by Gasteiger charge is -2.33. The molecule has 1 atom stereocenters. The fourth-order valence-electron chi connectivity index (χ4n) is 2.61. The number of methoxy groups -OCH3 is 1. The van der Waals surface area contributed by atoms with E-state index < -0.39 is 0 Å². The molecule has 1 heterocycles. The van der Waals surface area contributed by atoms with E-state index in [2.05, 4.69) is 30.0 Å². The van der Waals surface area contributed by atoms with Crippen molar-refractivity contribution in [2.24, 2.45) is 5.73 Å². The lowest BCUT2D eigenvalue weighted by Crippen LogP contribution is -2.43. The van der Waals surface area contributed by atoms with Crippen LogP contribution in [0.25, 0.3) is 0 Å². The van der Waals surface area contributed by atoms with Gasteiger partial charge in [-0.2, -0.15) is 0 Å². The van der Waals surface area contributed by atoms with E-state index in [4.69, 9.17) is 15.2 Å². The Morgan fingerprint density at radius 1 is 1.35 bits per heavy atom. The van der Waals surface area contributed by atoms with Gasteiger partial charge in [0.05, 0.1) is 12.3 Å². The number of nitrogens with zero attached hydrogens (tertiary/aromatic N) is 1. The number of nitrogens with two attached hydrogens (primary N) is 1. The Bertz CT molecular complexity index is 423. The third-order valence-corrected chi connectivity index (χ3v) is 3.66. The summed E-state index contributed by atoms with van der Waals surface area (Å²) in [5, 5.41) is 0. The van der Waals surface area contributed by atoms with Gasteiger partial charge in [0.1, 0.15) is 5.75 Å². The molecule has 1 aromatic carbocycles. The molecule has 0 saturated carbocycles. The van der Waals surface area contributed by atoms with Crippen molar-refractivity contribution in [3.8, 4) is 5.75 Å². The first kappa shape index (κ1) is 15.1. The van der Waals surface area contributed by atoms with Gasteiger partial charge in [-0.1, -0.05) is 6.07 Å². The molecule has 1 aliphatic rings. The SMILES string of the molecule is COCCCOc1ccc(C)cc1N1CCCC(N)C1. The molecule has 20 heavy (non-hydrogen) atoms. The number of ether oxygens (including phenoxy) is 2. The normalized spacial score (nSPS) is 19.1. The Balaban J connectivity index is 2.06. The first-order chi connectivity index (χ1) is 9.70. The highest BCUT2D eigenvalue weighted by atomic mass is 16.5. The van der Waals surface area contributed by atoms with Gasteiger partial charge in [0.15, 0.2) is 0 Å². The van der Waals surface area contributed by atoms with Crippen LogP contribution in [0, 0.1) is 6.92 Å². The maximum absolute atomic E-state index is 6.09. The molecule has 0 aromatic heterocycles. The Hall–Kier alpha value is -1.26. The zero-order valence-corrected chi connectivity index (χ0v) is 12.6. The van der Waals surface area contributed by atoms with Crippen LogP contribution in [0.3, 0.4) is 0 Å². The van der Waals surface area contributed by atoms with E-state index in [1.165, 1.54) is 11.3 Å². The summed E-state index contributed by atoms with van der Waals surface area (Å²) in [6.07, 6.45) is 3.17. The molecule has 112 valence electrons. The van der Waals surface area contributed by atoms with E-state index >= 15 is 0 Å². The summed E-state index contributed by atoms with van der Waals surface area (Å²) in [6, 6.07) is 6.63. The Morgan fingerprint density at radius 2 is 2.20 bits per heavy atom. The molecule has 1 unspecified atom stereocenters. The quantitative estimate of drug-likeness (QED) is 0.811. The Kier molecular flexibility index (Phi) is 5.68. The van der Waals surface area contributed by atoms with Gasteiger partial charge in [0.25, 0.3) is 0 Å². The first-order valence-corrected chi connectivity index (χ1v) is 7.43. The zero-order chi connectivity index (χ0) is 14.4. The summed E-state index contributed by atoms with van der Waals surface area (Å²) in [7, 11) is 1.71. The Labute approximate surface area is 121 Å². The number of piperidine rings is 1. The maximum atomic E-state index is 6.09. The maximum Gasteiger partial charge on any atom is 0.142 e. The molecule has 0 aliphatic carbocycles. The number of anilines is 1. The second-order valence-electron chi connectivity index (χ2n) is 5.51. The smallest absolute Gasteiger partial charge is 0.142 e. The van der Waals surface area contributed by atoms with Crippen LogP contribution in [0.1, 0.15) is 24.8 Å². The predicted octanol–water partition coefficient (Wildman–Crippen LogP) is 2.34. The minimum absolute atomic E-state index is 0.269. The molecule has 4 heteroatoms. The highest BCUT2D eigenvalue weighted by Gasteiger charge is 2.19. The molecule has 2 N–H and O–H groups in total. The standard InChI is InChI=1S/C16H26N2O2/c1-13-6-7-16(20-10-4-9-19-2)15(11-13)18-8-3-5-14(17)12-18/h6-7,11,14H,3-5,8-10,12,17H2,1-2H3. The molecule has 0 amide bonds. The number of aryl methyl sites for hydroxylation is 1. The van der Waals surface area contributed by atoms with Crippen LogP contribution in [0.5, 0.6) is 5.75 Å². The third kappa shape index (κ3) is 4.12. The molecule has 2 rings (SSSR count). The summed E-state index contributed by atoms with van der Waals surface area (Å²) in [5.41, 5.74) is 8.52. The topological polar surface area (TPSA) is 47.7 Å². The minimum Gasteiger partial charge on any atom is -0.491 e. The van der Waals surface area contributed by atoms with Gasteiger partial charge in [-0.25, -0.2) is 0 Å². The van der Waals surface area contributed by atoms with Crippen LogP contribution in [-0.2, 0) is 4.74 Å². The van der Waals surface area contributed by atoms with Gasteiger partial charge in [0.2, 0.25) is 0 Å². The van der Waals surface area contributed by atoms with Gasteiger partial charge in [-0.05, 0) is 37.5 Å². The van der Waals surface area contributed by atoms with Crippen molar-refractivity contribution in [3.05, 3.63) is 23.8 Å². The zero-order valence-electron chi connectivity index (χ0n) is 12.6. The van der Waals surface area contributed by atoms with Crippen molar-refractivity contribution < 1.29 is 9.47 Å². The van der Waals surface area contributed by atoms with E-state index in [0.29, 0.717) is 6.61 Å². The second kappa shape index (κ2) is 7.50. The van der Waals surface area contributed by atoms with Gasteiger partial charge in [-0.15, -0.1) is 0 Å². The van der Waals surface area contributed by atoms with Crippen molar-refractivity contribution >= 4 is 5.69 Å². The highest BCUT2D eigenvalue weighted by Crippen LogP contribution is 2.31. The average molecular weight is 278 g/mol. The van der Waals surface area contributed by atoms with Gasteiger partial charge in [-0.3, -0.25) is 0 Å². The molecule has 1 fully saturated rings. The van der Waals surface area contributed by atoms with Crippen molar-refractivity contribution in [2.75, 3.05) is 38.3 Å². The highest BCUT2D eigenvalue weighted by molar-refractivity contribution is 5.60. The lowest BCUT2D eigenvalue weighted by molar-refractivity contribution is 0.172. The number of rotatable bonds is 6. The minimum atomic E-state index is 0.269. The summed E-state index contributed by atoms with van der Waals surface area (Å²) in [5.74, 6) is 0.959. The molecular weight excluding hydrogens is 252 g/mol. The fraction of sp³-hybridized carbons (Fsp3) is 0.625. The van der Waals surface area contributed by atoms with Crippen LogP contribution in [-0.4, -0.2) is 39.5 Å². The molecular formula is C16H26N2O2. The molecule has 1 aromatic rings.